The lowest BCUT2D eigenvalue weighted by Crippen LogP contribution is -2.16. The highest BCUT2D eigenvalue weighted by molar-refractivity contribution is 6.39. The van der Waals surface area contributed by atoms with E-state index in [1.54, 1.807) is 0 Å². The maximum absolute atomic E-state index is 13.7. The molecule has 3 nitrogen and oxygen atoms in total. The van der Waals surface area contributed by atoms with Gasteiger partial charge in [-0.05, 0) is 13.0 Å². The van der Waals surface area contributed by atoms with Crippen molar-refractivity contribution in [3.8, 4) is 0 Å². The fraction of sp³-hybridized carbons (Fsp3) is 0.182. The average Bonchev–Trinajstić information content (AvgIpc) is 2.35. The van der Waals surface area contributed by atoms with Crippen LogP contribution in [0.15, 0.2) is 6.07 Å². The van der Waals surface area contributed by atoms with Crippen LogP contribution in [0, 0.1) is 12.7 Å². The normalized spacial score (nSPS) is 12.0. The second kappa shape index (κ2) is 4.91. The van der Waals surface area contributed by atoms with E-state index in [0.717, 1.165) is 13.0 Å². The van der Waals surface area contributed by atoms with Crippen molar-refractivity contribution in [3.63, 3.8) is 0 Å². The van der Waals surface area contributed by atoms with Crippen LogP contribution in [0.3, 0.4) is 0 Å². The van der Waals surface area contributed by atoms with Crippen molar-refractivity contribution in [3.05, 3.63) is 33.2 Å². The standard InChI is InChI=1S/C11H7Cl2F4N3/c1-3-9(20-18)6-5(19-10(3)11(15,16)17)2-4(12)8(14)7(6)13/h2H,18H2,1H3,(H,19,20). The van der Waals surface area contributed by atoms with Gasteiger partial charge < -0.3 is 5.43 Å². The molecular weight excluding hydrogens is 321 g/mol. The van der Waals surface area contributed by atoms with Gasteiger partial charge in [0.1, 0.15) is 5.69 Å². The van der Waals surface area contributed by atoms with Crippen molar-refractivity contribution < 1.29 is 17.6 Å². The highest BCUT2D eigenvalue weighted by Crippen LogP contribution is 2.41. The van der Waals surface area contributed by atoms with Gasteiger partial charge in [-0.25, -0.2) is 9.37 Å². The third-order valence-corrected chi connectivity index (χ3v) is 3.40. The van der Waals surface area contributed by atoms with E-state index in [0.29, 0.717) is 0 Å². The minimum Gasteiger partial charge on any atom is -0.323 e. The zero-order chi connectivity index (χ0) is 15.2. The Morgan fingerprint density at radius 2 is 1.90 bits per heavy atom. The summed E-state index contributed by atoms with van der Waals surface area (Å²) in [7, 11) is 0. The number of hydrogen-bond acceptors (Lipinski definition) is 3. The summed E-state index contributed by atoms with van der Waals surface area (Å²) in [5.74, 6) is 4.28. The maximum Gasteiger partial charge on any atom is 0.433 e. The van der Waals surface area contributed by atoms with E-state index in [9.17, 15) is 17.6 Å². The van der Waals surface area contributed by atoms with Crippen molar-refractivity contribution >= 4 is 39.8 Å². The summed E-state index contributed by atoms with van der Waals surface area (Å²) in [5.41, 5.74) is 0.329. The van der Waals surface area contributed by atoms with Gasteiger partial charge in [0.25, 0.3) is 0 Å². The predicted molar refractivity (Wildman–Crippen MR) is 69.3 cm³/mol. The Labute approximate surface area is 120 Å². The molecule has 0 bridgehead atoms. The summed E-state index contributed by atoms with van der Waals surface area (Å²) < 4.78 is 52.4. The first-order valence-corrected chi connectivity index (χ1v) is 5.95. The monoisotopic (exact) mass is 327 g/mol. The van der Waals surface area contributed by atoms with Crippen LogP contribution in [0.1, 0.15) is 11.3 Å². The summed E-state index contributed by atoms with van der Waals surface area (Å²) in [6.07, 6.45) is -4.68. The topological polar surface area (TPSA) is 50.9 Å². The minimum atomic E-state index is -4.68. The number of hydrogen-bond donors (Lipinski definition) is 2. The number of hydrazine groups is 1. The molecule has 108 valence electrons. The Morgan fingerprint density at radius 3 is 2.40 bits per heavy atom. The Kier molecular flexibility index (Phi) is 3.70. The van der Waals surface area contributed by atoms with E-state index >= 15 is 0 Å². The maximum atomic E-state index is 13.7. The lowest BCUT2D eigenvalue weighted by molar-refractivity contribution is -0.141. The molecule has 0 aliphatic carbocycles. The lowest BCUT2D eigenvalue weighted by Gasteiger charge is -2.17. The number of nitrogens with zero attached hydrogens (tertiary/aromatic N) is 1. The molecule has 0 saturated carbocycles. The molecular formula is C11H7Cl2F4N3. The lowest BCUT2D eigenvalue weighted by atomic mass is 10.1. The van der Waals surface area contributed by atoms with Gasteiger partial charge in [-0.15, -0.1) is 0 Å². The number of aromatic nitrogens is 1. The van der Waals surface area contributed by atoms with Gasteiger partial charge in [0, 0.05) is 10.9 Å². The SMILES string of the molecule is Cc1c(C(F)(F)F)nc2cc(Cl)c(F)c(Cl)c2c1NN. The first-order valence-electron chi connectivity index (χ1n) is 5.20. The summed E-state index contributed by atoms with van der Waals surface area (Å²) >= 11 is 11.3. The van der Waals surface area contributed by atoms with Gasteiger partial charge in [0.15, 0.2) is 5.82 Å². The molecule has 2 aromatic rings. The highest BCUT2D eigenvalue weighted by Gasteiger charge is 2.36. The molecule has 0 aliphatic rings. The number of benzene rings is 1. The quantitative estimate of drug-likeness (QED) is 0.355. The molecule has 1 aromatic heterocycles. The van der Waals surface area contributed by atoms with Crippen LogP contribution in [0.4, 0.5) is 23.2 Å². The Hall–Kier alpha value is -1.31. The van der Waals surface area contributed by atoms with Crippen molar-refractivity contribution in [2.75, 3.05) is 5.43 Å². The number of nitrogens with one attached hydrogen (secondary N) is 1. The van der Waals surface area contributed by atoms with Gasteiger partial charge in [-0.2, -0.15) is 13.2 Å². The zero-order valence-electron chi connectivity index (χ0n) is 9.87. The number of fused-ring (bicyclic) bond motifs is 1. The predicted octanol–water partition coefficient (Wildman–Crippen LogP) is 4.29. The van der Waals surface area contributed by atoms with Crippen LogP contribution in [-0.4, -0.2) is 4.98 Å². The van der Waals surface area contributed by atoms with Crippen molar-refractivity contribution in [1.82, 2.24) is 4.98 Å². The molecule has 9 heteroatoms. The van der Waals surface area contributed by atoms with E-state index < -0.39 is 27.7 Å². The molecule has 0 unspecified atom stereocenters. The molecule has 2 rings (SSSR count). The molecule has 0 fully saturated rings. The number of halogens is 6. The third-order valence-electron chi connectivity index (χ3n) is 2.77. The summed E-state index contributed by atoms with van der Waals surface area (Å²) in [4.78, 5) is 3.46. The number of anilines is 1. The van der Waals surface area contributed by atoms with Crippen LogP contribution in [0.5, 0.6) is 0 Å². The van der Waals surface area contributed by atoms with Gasteiger partial charge in [0.2, 0.25) is 0 Å². The van der Waals surface area contributed by atoms with Crippen LogP contribution in [-0.2, 0) is 6.18 Å². The Bertz CT molecular complexity index is 701. The molecule has 1 heterocycles. The van der Waals surface area contributed by atoms with Gasteiger partial charge in [-0.3, -0.25) is 5.84 Å². The van der Waals surface area contributed by atoms with Crippen molar-refractivity contribution in [1.29, 1.82) is 0 Å². The van der Waals surface area contributed by atoms with E-state index in [1.807, 2.05) is 0 Å². The van der Waals surface area contributed by atoms with Gasteiger partial charge >= 0.3 is 6.18 Å². The first-order chi connectivity index (χ1) is 9.18. The first kappa shape index (κ1) is 15.1. The molecule has 1 aromatic carbocycles. The van der Waals surface area contributed by atoms with Gasteiger partial charge in [0.05, 0.1) is 21.2 Å². The number of alkyl halides is 3. The molecule has 0 spiro atoms. The van der Waals surface area contributed by atoms with Crippen LogP contribution in [0.25, 0.3) is 10.9 Å². The largest absolute Gasteiger partial charge is 0.433 e. The highest BCUT2D eigenvalue weighted by atomic mass is 35.5. The van der Waals surface area contributed by atoms with Crippen LogP contribution in [0.2, 0.25) is 10.0 Å². The molecule has 0 saturated heterocycles. The zero-order valence-corrected chi connectivity index (χ0v) is 11.4. The van der Waals surface area contributed by atoms with E-state index in [4.69, 9.17) is 29.0 Å². The molecule has 0 amide bonds. The fourth-order valence-electron chi connectivity index (χ4n) is 1.88. The number of rotatable bonds is 1. The fourth-order valence-corrected chi connectivity index (χ4v) is 2.41. The van der Waals surface area contributed by atoms with Crippen LogP contribution >= 0.6 is 23.2 Å². The third kappa shape index (κ3) is 2.25. The van der Waals surface area contributed by atoms with E-state index in [2.05, 4.69) is 10.4 Å². The van der Waals surface area contributed by atoms with Crippen molar-refractivity contribution in [2.45, 2.75) is 13.1 Å². The second-order valence-electron chi connectivity index (χ2n) is 3.98. The summed E-state index contributed by atoms with van der Waals surface area (Å²) in [6.45, 7) is 1.16. The summed E-state index contributed by atoms with van der Waals surface area (Å²) in [5, 5.41) is -0.915. The number of nitrogens with two attached hydrogens (primary N) is 1. The molecule has 3 N–H and O–H groups in total. The van der Waals surface area contributed by atoms with E-state index in [1.165, 1.54) is 0 Å². The van der Waals surface area contributed by atoms with Crippen molar-refractivity contribution in [2.24, 2.45) is 5.84 Å². The number of nitrogen functional groups attached to an aromatic ring is 1. The Morgan fingerprint density at radius 1 is 1.30 bits per heavy atom. The summed E-state index contributed by atoms with van der Waals surface area (Å²) in [6, 6.07) is 0.966. The van der Waals surface area contributed by atoms with E-state index in [-0.39, 0.29) is 22.2 Å². The molecule has 0 radical (unpaired) electrons. The Balaban J connectivity index is 3.00. The van der Waals surface area contributed by atoms with Crippen LogP contribution < -0.4 is 11.3 Å². The smallest absolute Gasteiger partial charge is 0.323 e. The molecule has 0 aliphatic heterocycles. The molecule has 20 heavy (non-hydrogen) atoms. The minimum absolute atomic E-state index is 0.0541. The second-order valence-corrected chi connectivity index (χ2v) is 4.77. The average molecular weight is 328 g/mol. The number of pyridine rings is 1. The van der Waals surface area contributed by atoms with Gasteiger partial charge in [-0.1, -0.05) is 23.2 Å². The molecule has 0 atom stereocenters.